The van der Waals surface area contributed by atoms with Gasteiger partial charge >= 0.3 is 0 Å². The third-order valence-electron chi connectivity index (χ3n) is 6.44. The van der Waals surface area contributed by atoms with Crippen LogP contribution >= 0.6 is 0 Å². The van der Waals surface area contributed by atoms with E-state index in [1.54, 1.807) is 13.8 Å². The van der Waals surface area contributed by atoms with Crippen LogP contribution in [0.4, 0.5) is 0 Å². The van der Waals surface area contributed by atoms with Gasteiger partial charge in [0.1, 0.15) is 30.0 Å². The van der Waals surface area contributed by atoms with Gasteiger partial charge in [-0.2, -0.15) is 0 Å². The van der Waals surface area contributed by atoms with E-state index in [9.17, 15) is 10.2 Å². The molecular weight excluding hydrogens is 432 g/mol. The SMILES string of the molecule is CC1(C)O[C@H]2O[C@H]([C@H](O)COC(c3ccccc3)(c3ccccc3)c3ccccc3)[C@@H](O)[C@H]2O1. The summed E-state index contributed by atoms with van der Waals surface area (Å²) < 4.78 is 24.0. The first-order valence-electron chi connectivity index (χ1n) is 11.6. The van der Waals surface area contributed by atoms with Crippen molar-refractivity contribution < 1.29 is 29.2 Å². The summed E-state index contributed by atoms with van der Waals surface area (Å²) in [5, 5.41) is 21.9. The molecule has 2 N–H and O–H groups in total. The lowest BCUT2D eigenvalue weighted by molar-refractivity contribution is -0.230. The normalized spacial score (nSPS) is 26.8. The fraction of sp³-hybridized carbons (Fsp3) is 0.357. The molecule has 0 saturated carbocycles. The molecule has 3 aromatic rings. The van der Waals surface area contributed by atoms with Crippen molar-refractivity contribution in [3.63, 3.8) is 0 Å². The molecule has 0 unspecified atom stereocenters. The van der Waals surface area contributed by atoms with Gasteiger partial charge in [0.05, 0.1) is 6.61 Å². The van der Waals surface area contributed by atoms with Crippen LogP contribution in [0.2, 0.25) is 0 Å². The molecule has 0 radical (unpaired) electrons. The molecule has 2 aliphatic heterocycles. The zero-order chi connectivity index (χ0) is 23.8. The van der Waals surface area contributed by atoms with Gasteiger partial charge in [-0.15, -0.1) is 0 Å². The summed E-state index contributed by atoms with van der Waals surface area (Å²) in [6.45, 7) is 3.46. The van der Waals surface area contributed by atoms with Gasteiger partial charge in [0, 0.05) is 0 Å². The standard InChI is InChI=1S/C28H30O6/c1-27(2)33-25-23(30)24(32-26(25)34-27)22(29)18-31-28(19-12-6-3-7-13-19,20-14-8-4-9-15-20)21-16-10-5-11-17-21/h3-17,22-26,29-30H,18H2,1-2H3/t22-,23-,24-,25-,26-/m1/s1. The molecule has 0 aromatic heterocycles. The maximum Gasteiger partial charge on any atom is 0.190 e. The molecule has 6 nitrogen and oxygen atoms in total. The average Bonchev–Trinajstić information content (AvgIpc) is 3.33. The lowest BCUT2D eigenvalue weighted by Gasteiger charge is -2.37. The second kappa shape index (κ2) is 9.23. The molecule has 0 bridgehead atoms. The van der Waals surface area contributed by atoms with E-state index < -0.39 is 42.1 Å². The Bertz CT molecular complexity index is 975. The Morgan fingerprint density at radius 2 is 1.29 bits per heavy atom. The van der Waals surface area contributed by atoms with Crippen LogP contribution < -0.4 is 0 Å². The largest absolute Gasteiger partial charge is 0.388 e. The Morgan fingerprint density at radius 3 is 1.74 bits per heavy atom. The van der Waals surface area contributed by atoms with E-state index in [1.165, 1.54) is 0 Å². The summed E-state index contributed by atoms with van der Waals surface area (Å²) in [4.78, 5) is 0. The van der Waals surface area contributed by atoms with Gasteiger partial charge in [0.15, 0.2) is 12.1 Å². The molecule has 3 aromatic carbocycles. The van der Waals surface area contributed by atoms with Gasteiger partial charge in [-0.05, 0) is 30.5 Å². The van der Waals surface area contributed by atoms with Gasteiger partial charge in [0.2, 0.25) is 0 Å². The van der Waals surface area contributed by atoms with Crippen LogP contribution in [0.1, 0.15) is 30.5 Å². The fourth-order valence-corrected chi connectivity index (χ4v) is 4.91. The van der Waals surface area contributed by atoms with Crippen molar-refractivity contribution in [1.29, 1.82) is 0 Å². The molecule has 5 atom stereocenters. The van der Waals surface area contributed by atoms with Gasteiger partial charge < -0.3 is 29.2 Å². The number of aliphatic hydroxyl groups is 2. The Balaban J connectivity index is 1.46. The van der Waals surface area contributed by atoms with E-state index in [0.717, 1.165) is 16.7 Å². The van der Waals surface area contributed by atoms with Crippen LogP contribution in [0.15, 0.2) is 91.0 Å². The third kappa shape index (κ3) is 4.18. The minimum absolute atomic E-state index is 0.0801. The Morgan fingerprint density at radius 1 is 0.824 bits per heavy atom. The number of ether oxygens (including phenoxy) is 4. The number of hydrogen-bond acceptors (Lipinski definition) is 6. The van der Waals surface area contributed by atoms with Gasteiger partial charge in [0.25, 0.3) is 0 Å². The average molecular weight is 463 g/mol. The highest BCUT2D eigenvalue weighted by atomic mass is 16.8. The van der Waals surface area contributed by atoms with Crippen LogP contribution in [0.25, 0.3) is 0 Å². The number of fused-ring (bicyclic) bond motifs is 1. The number of aliphatic hydroxyl groups excluding tert-OH is 2. The fourth-order valence-electron chi connectivity index (χ4n) is 4.91. The molecule has 2 saturated heterocycles. The van der Waals surface area contributed by atoms with Crippen LogP contribution in [0.3, 0.4) is 0 Å². The summed E-state index contributed by atoms with van der Waals surface area (Å²) in [5.74, 6) is -0.841. The predicted octanol–water partition coefficient (Wildman–Crippen LogP) is 3.59. The second-order valence-corrected chi connectivity index (χ2v) is 9.22. The van der Waals surface area contributed by atoms with Gasteiger partial charge in [-0.3, -0.25) is 0 Å². The second-order valence-electron chi connectivity index (χ2n) is 9.22. The van der Waals surface area contributed by atoms with Crippen molar-refractivity contribution in [3.05, 3.63) is 108 Å². The first kappa shape index (κ1) is 23.2. The topological polar surface area (TPSA) is 77.4 Å². The molecular formula is C28H30O6. The molecule has 178 valence electrons. The highest BCUT2D eigenvalue weighted by molar-refractivity contribution is 5.47. The van der Waals surface area contributed by atoms with Crippen LogP contribution in [-0.4, -0.2) is 53.3 Å². The van der Waals surface area contributed by atoms with Crippen LogP contribution in [-0.2, 0) is 24.5 Å². The maximum atomic E-state index is 11.1. The van der Waals surface area contributed by atoms with Crippen molar-refractivity contribution in [2.24, 2.45) is 0 Å². The third-order valence-corrected chi connectivity index (χ3v) is 6.44. The molecule has 2 heterocycles. The maximum absolute atomic E-state index is 11.1. The molecule has 2 fully saturated rings. The minimum Gasteiger partial charge on any atom is -0.388 e. The van der Waals surface area contributed by atoms with Crippen molar-refractivity contribution in [3.8, 4) is 0 Å². The first-order valence-corrected chi connectivity index (χ1v) is 11.6. The monoisotopic (exact) mass is 462 g/mol. The molecule has 34 heavy (non-hydrogen) atoms. The smallest absolute Gasteiger partial charge is 0.190 e. The lowest BCUT2D eigenvalue weighted by Crippen LogP contribution is -2.45. The van der Waals surface area contributed by atoms with Crippen LogP contribution in [0.5, 0.6) is 0 Å². The quantitative estimate of drug-likeness (QED) is 0.523. The summed E-state index contributed by atoms with van der Waals surface area (Å²) in [5.41, 5.74) is 1.81. The van der Waals surface area contributed by atoms with Gasteiger partial charge in [-0.1, -0.05) is 91.0 Å². The predicted molar refractivity (Wildman–Crippen MR) is 126 cm³/mol. The van der Waals surface area contributed by atoms with E-state index in [2.05, 4.69) is 0 Å². The van der Waals surface area contributed by atoms with E-state index in [4.69, 9.17) is 18.9 Å². The Kier molecular flexibility index (Phi) is 6.29. The summed E-state index contributed by atoms with van der Waals surface area (Å²) in [6.07, 6.45) is -4.42. The zero-order valence-corrected chi connectivity index (χ0v) is 19.3. The van der Waals surface area contributed by atoms with E-state index in [1.807, 2.05) is 91.0 Å². The number of benzene rings is 3. The van der Waals surface area contributed by atoms with Crippen molar-refractivity contribution in [2.75, 3.05) is 6.61 Å². The van der Waals surface area contributed by atoms with Crippen molar-refractivity contribution in [2.45, 2.75) is 55.9 Å². The molecule has 0 aliphatic carbocycles. The van der Waals surface area contributed by atoms with Crippen LogP contribution in [0, 0.1) is 0 Å². The molecule has 0 spiro atoms. The van der Waals surface area contributed by atoms with Crippen molar-refractivity contribution in [1.82, 2.24) is 0 Å². The summed E-state index contributed by atoms with van der Waals surface area (Å²) >= 11 is 0. The molecule has 6 heteroatoms. The number of hydrogen-bond donors (Lipinski definition) is 2. The van der Waals surface area contributed by atoms with E-state index >= 15 is 0 Å². The first-order chi connectivity index (χ1) is 16.4. The number of rotatable bonds is 7. The molecule has 2 aliphatic rings. The van der Waals surface area contributed by atoms with E-state index in [0.29, 0.717) is 0 Å². The zero-order valence-electron chi connectivity index (χ0n) is 19.3. The summed E-state index contributed by atoms with van der Waals surface area (Å²) in [6, 6.07) is 29.8. The highest BCUT2D eigenvalue weighted by Gasteiger charge is 2.56. The van der Waals surface area contributed by atoms with Gasteiger partial charge in [-0.25, -0.2) is 0 Å². The van der Waals surface area contributed by atoms with Crippen molar-refractivity contribution >= 4 is 0 Å². The molecule has 5 rings (SSSR count). The van der Waals surface area contributed by atoms with E-state index in [-0.39, 0.29) is 6.61 Å². The Hall–Kier alpha value is -2.58. The minimum atomic E-state index is -1.11. The lowest BCUT2D eigenvalue weighted by atomic mass is 9.80. The summed E-state index contributed by atoms with van der Waals surface area (Å²) in [7, 11) is 0. The molecule has 0 amide bonds. The highest BCUT2D eigenvalue weighted by Crippen LogP contribution is 2.42. The Labute approximate surface area is 199 Å².